The zero-order valence-corrected chi connectivity index (χ0v) is 18.9. The summed E-state index contributed by atoms with van der Waals surface area (Å²) in [7, 11) is 3.11. The number of phenolic OH excluding ortho intramolecular Hbond substituents is 2. The lowest BCUT2D eigenvalue weighted by molar-refractivity contribution is -0.00800. The second kappa shape index (κ2) is 7.11. The monoisotopic (exact) mass is 447 g/mol. The highest BCUT2D eigenvalue weighted by atomic mass is 16.5. The summed E-state index contributed by atoms with van der Waals surface area (Å²) < 4.78 is 10.9. The molecule has 1 aliphatic rings. The zero-order chi connectivity index (χ0) is 23.7. The van der Waals surface area contributed by atoms with E-state index in [1.54, 1.807) is 13.1 Å². The van der Waals surface area contributed by atoms with Gasteiger partial charge in [0.25, 0.3) is 5.56 Å². The average molecular weight is 447 g/mol. The number of ether oxygens (including phenoxy) is 1. The van der Waals surface area contributed by atoms with E-state index in [2.05, 4.69) is 4.57 Å². The number of phenols is 2. The van der Waals surface area contributed by atoms with Gasteiger partial charge in [0, 0.05) is 25.7 Å². The molecule has 0 saturated heterocycles. The number of benzene rings is 2. The minimum atomic E-state index is -0.753. The molecule has 0 fully saturated rings. The van der Waals surface area contributed by atoms with E-state index in [4.69, 9.17) is 4.74 Å². The molecule has 2 N–H and O–H groups in total. The maximum absolute atomic E-state index is 13.5. The molecule has 0 saturated carbocycles. The Bertz CT molecular complexity index is 1530. The molecule has 0 radical (unpaired) electrons. The molecule has 1 atom stereocenters. The van der Waals surface area contributed by atoms with Crippen LogP contribution in [0.4, 0.5) is 0 Å². The molecule has 8 heteroatoms. The Morgan fingerprint density at radius 3 is 2.36 bits per heavy atom. The SMILES string of the molecule is Cn1c(=O)c2c(-c3ccccc3)n3c(c2n(C)c1=O)[C@@H](c1ccc(O)cc1O)OCC3(C)C. The first-order valence-corrected chi connectivity index (χ1v) is 10.7. The van der Waals surface area contributed by atoms with E-state index in [1.165, 1.54) is 23.7 Å². The van der Waals surface area contributed by atoms with Gasteiger partial charge in [0.15, 0.2) is 0 Å². The van der Waals surface area contributed by atoms with Crippen molar-refractivity contribution in [3.8, 4) is 22.8 Å². The third kappa shape index (κ3) is 2.94. The Balaban J connectivity index is 2.02. The third-order valence-electron chi connectivity index (χ3n) is 6.41. The molecule has 0 bridgehead atoms. The predicted molar refractivity (Wildman–Crippen MR) is 125 cm³/mol. The summed E-state index contributed by atoms with van der Waals surface area (Å²) in [6, 6.07) is 13.9. The molecule has 0 spiro atoms. The lowest BCUT2D eigenvalue weighted by atomic mass is 9.97. The van der Waals surface area contributed by atoms with Crippen LogP contribution in [0.25, 0.3) is 22.2 Å². The molecule has 170 valence electrons. The first-order valence-electron chi connectivity index (χ1n) is 10.7. The fraction of sp³-hybridized carbons (Fsp3) is 0.280. The third-order valence-corrected chi connectivity index (χ3v) is 6.41. The Kier molecular flexibility index (Phi) is 4.54. The summed E-state index contributed by atoms with van der Waals surface area (Å²) in [5, 5.41) is 20.8. The van der Waals surface area contributed by atoms with Crippen LogP contribution in [0.5, 0.6) is 11.5 Å². The lowest BCUT2D eigenvalue weighted by Gasteiger charge is -2.39. The molecule has 2 aromatic heterocycles. The maximum atomic E-state index is 13.5. The van der Waals surface area contributed by atoms with Crippen LogP contribution in [0, 0.1) is 0 Å². The van der Waals surface area contributed by atoms with E-state index < -0.39 is 22.9 Å². The number of hydrogen-bond acceptors (Lipinski definition) is 5. The predicted octanol–water partition coefficient (Wildman–Crippen LogP) is 2.97. The van der Waals surface area contributed by atoms with Gasteiger partial charge in [-0.1, -0.05) is 30.3 Å². The average Bonchev–Trinajstić information content (AvgIpc) is 3.15. The molecule has 2 aromatic carbocycles. The molecular weight excluding hydrogens is 422 g/mol. The van der Waals surface area contributed by atoms with Crippen LogP contribution in [0.2, 0.25) is 0 Å². The van der Waals surface area contributed by atoms with Crippen molar-refractivity contribution in [3.05, 3.63) is 80.6 Å². The quantitative estimate of drug-likeness (QED) is 0.492. The van der Waals surface area contributed by atoms with Gasteiger partial charge in [-0.3, -0.25) is 13.9 Å². The van der Waals surface area contributed by atoms with E-state index in [0.29, 0.717) is 34.5 Å². The van der Waals surface area contributed by atoms with Gasteiger partial charge in [-0.25, -0.2) is 4.79 Å². The lowest BCUT2D eigenvalue weighted by Crippen LogP contribution is -2.40. The van der Waals surface area contributed by atoms with Crippen molar-refractivity contribution in [1.29, 1.82) is 0 Å². The van der Waals surface area contributed by atoms with E-state index in [-0.39, 0.29) is 11.5 Å². The molecule has 3 heterocycles. The van der Waals surface area contributed by atoms with Crippen LogP contribution in [0.15, 0.2) is 58.1 Å². The Morgan fingerprint density at radius 2 is 1.70 bits per heavy atom. The molecule has 0 amide bonds. The van der Waals surface area contributed by atoms with Crippen molar-refractivity contribution < 1.29 is 14.9 Å². The van der Waals surface area contributed by atoms with Gasteiger partial charge < -0.3 is 19.5 Å². The van der Waals surface area contributed by atoms with Gasteiger partial charge >= 0.3 is 5.69 Å². The number of nitrogens with zero attached hydrogens (tertiary/aromatic N) is 3. The fourth-order valence-electron chi connectivity index (χ4n) is 4.86. The number of fused-ring (bicyclic) bond motifs is 3. The van der Waals surface area contributed by atoms with Gasteiger partial charge in [0.05, 0.1) is 34.4 Å². The summed E-state index contributed by atoms with van der Waals surface area (Å²) in [5.74, 6) is -0.199. The van der Waals surface area contributed by atoms with Gasteiger partial charge in [-0.15, -0.1) is 0 Å². The summed E-state index contributed by atoms with van der Waals surface area (Å²) in [6.07, 6.45) is -0.753. The Labute approximate surface area is 189 Å². The normalized spacial score (nSPS) is 17.3. The molecule has 8 nitrogen and oxygen atoms in total. The minimum Gasteiger partial charge on any atom is -0.508 e. The second-order valence-corrected chi connectivity index (χ2v) is 9.11. The minimum absolute atomic E-state index is 0.0705. The topological polar surface area (TPSA) is 98.6 Å². The van der Waals surface area contributed by atoms with Crippen molar-refractivity contribution in [2.45, 2.75) is 25.5 Å². The molecule has 1 aliphatic heterocycles. The van der Waals surface area contributed by atoms with Gasteiger partial charge in [0.1, 0.15) is 17.6 Å². The number of aromatic nitrogens is 3. The zero-order valence-electron chi connectivity index (χ0n) is 18.9. The highest BCUT2D eigenvalue weighted by Gasteiger charge is 2.41. The Morgan fingerprint density at radius 1 is 1.00 bits per heavy atom. The standard InChI is InChI=1S/C25H25N3O5/c1-25(2)13-33-22(16-11-10-15(29)12-17(16)30)21-20-18(23(31)27(4)24(32)26(20)3)19(28(21)25)14-8-6-5-7-9-14/h5-12,22,29-30H,13H2,1-4H3/t22-/m1/s1. The van der Waals surface area contributed by atoms with Crippen LogP contribution in [-0.2, 0) is 24.4 Å². The highest BCUT2D eigenvalue weighted by molar-refractivity contribution is 5.96. The van der Waals surface area contributed by atoms with E-state index in [9.17, 15) is 19.8 Å². The van der Waals surface area contributed by atoms with Crippen LogP contribution in [0.3, 0.4) is 0 Å². The number of rotatable bonds is 2. The van der Waals surface area contributed by atoms with Gasteiger partial charge in [-0.2, -0.15) is 0 Å². The van der Waals surface area contributed by atoms with Gasteiger partial charge in [0.2, 0.25) is 0 Å². The van der Waals surface area contributed by atoms with E-state index >= 15 is 0 Å². The Hall–Kier alpha value is -3.78. The van der Waals surface area contributed by atoms with E-state index in [1.807, 2.05) is 44.2 Å². The summed E-state index contributed by atoms with van der Waals surface area (Å²) in [4.78, 5) is 26.4. The number of aromatic hydroxyl groups is 2. The van der Waals surface area contributed by atoms with Crippen molar-refractivity contribution in [3.63, 3.8) is 0 Å². The van der Waals surface area contributed by atoms with Crippen LogP contribution in [0.1, 0.15) is 31.2 Å². The maximum Gasteiger partial charge on any atom is 0.331 e. The fourth-order valence-corrected chi connectivity index (χ4v) is 4.86. The van der Waals surface area contributed by atoms with Gasteiger partial charge in [-0.05, 0) is 31.5 Å². The van der Waals surface area contributed by atoms with Crippen LogP contribution in [-0.4, -0.2) is 30.5 Å². The van der Waals surface area contributed by atoms with Crippen molar-refractivity contribution in [1.82, 2.24) is 13.7 Å². The first kappa shape index (κ1) is 21.1. The molecule has 33 heavy (non-hydrogen) atoms. The summed E-state index contributed by atoms with van der Waals surface area (Å²) >= 11 is 0. The smallest absolute Gasteiger partial charge is 0.331 e. The molecule has 0 unspecified atom stereocenters. The highest BCUT2D eigenvalue weighted by Crippen LogP contribution is 2.47. The van der Waals surface area contributed by atoms with Crippen LogP contribution < -0.4 is 11.2 Å². The first-order chi connectivity index (χ1) is 15.6. The van der Waals surface area contributed by atoms with E-state index in [0.717, 1.165) is 10.1 Å². The summed E-state index contributed by atoms with van der Waals surface area (Å²) in [6.45, 7) is 4.33. The van der Waals surface area contributed by atoms with Crippen LogP contribution >= 0.6 is 0 Å². The molecule has 5 rings (SSSR count). The number of hydrogen-bond donors (Lipinski definition) is 2. The molecule has 4 aromatic rings. The van der Waals surface area contributed by atoms with Crippen molar-refractivity contribution in [2.75, 3.05) is 6.61 Å². The van der Waals surface area contributed by atoms with Crippen molar-refractivity contribution in [2.24, 2.45) is 14.1 Å². The summed E-state index contributed by atoms with van der Waals surface area (Å²) in [5.41, 5.74) is 1.67. The molecular formula is C25H25N3O5. The number of aryl methyl sites for hydroxylation is 1. The van der Waals surface area contributed by atoms with Crippen molar-refractivity contribution >= 4 is 10.9 Å². The largest absolute Gasteiger partial charge is 0.508 e. The second-order valence-electron chi connectivity index (χ2n) is 9.11. The molecule has 0 aliphatic carbocycles.